The summed E-state index contributed by atoms with van der Waals surface area (Å²) in [6.07, 6.45) is 3.18. The molecule has 0 atom stereocenters. The average molecular weight is 425 g/mol. The summed E-state index contributed by atoms with van der Waals surface area (Å²) in [6, 6.07) is 5.31. The van der Waals surface area contributed by atoms with Crippen molar-refractivity contribution in [1.82, 2.24) is 30.3 Å². The van der Waals surface area contributed by atoms with E-state index in [0.29, 0.717) is 53.4 Å². The minimum Gasteiger partial charge on any atom is -0.494 e. The van der Waals surface area contributed by atoms with Gasteiger partial charge < -0.3 is 24.8 Å². The first kappa shape index (κ1) is 20.4. The highest BCUT2D eigenvalue weighted by atomic mass is 16.5. The summed E-state index contributed by atoms with van der Waals surface area (Å²) in [5, 5.41) is 18.3. The molecule has 11 heteroatoms. The second kappa shape index (κ2) is 8.86. The van der Waals surface area contributed by atoms with Gasteiger partial charge in [0.1, 0.15) is 17.8 Å². The molecule has 0 fully saturated rings. The zero-order chi connectivity index (χ0) is 21.8. The summed E-state index contributed by atoms with van der Waals surface area (Å²) in [5.74, 6) is 1.47. The molecule has 2 N–H and O–H groups in total. The standard InChI is InChI=1S/C20H23N7O4/c1-21-20(28)16-13-10-15(24-25-16)31-9-5-4-8-30-14-7-6-12(18(29-3)17(14)23-13)19-22-11-27(2)26-19/h6-7,10-11,23H,4-5,8-9H2,1-3H3,(H,21,28). The lowest BCUT2D eigenvalue weighted by Gasteiger charge is -2.20. The van der Waals surface area contributed by atoms with Gasteiger partial charge in [0.2, 0.25) is 5.88 Å². The summed E-state index contributed by atoms with van der Waals surface area (Å²) >= 11 is 0. The fourth-order valence-electron chi connectivity index (χ4n) is 3.18. The van der Waals surface area contributed by atoms with Crippen LogP contribution in [0.4, 0.5) is 11.4 Å². The highest BCUT2D eigenvalue weighted by Gasteiger charge is 2.23. The number of carbonyl (C=O) groups is 1. The topological polar surface area (TPSA) is 125 Å². The van der Waals surface area contributed by atoms with E-state index in [1.54, 1.807) is 31.2 Å². The van der Waals surface area contributed by atoms with Gasteiger partial charge >= 0.3 is 0 Å². The largest absolute Gasteiger partial charge is 0.494 e. The molecule has 162 valence electrons. The fraction of sp³-hybridized carbons (Fsp3) is 0.350. The molecule has 0 aliphatic carbocycles. The van der Waals surface area contributed by atoms with Crippen LogP contribution in [0.15, 0.2) is 24.5 Å². The molecular formula is C20H23N7O4. The van der Waals surface area contributed by atoms with Crippen molar-refractivity contribution in [1.29, 1.82) is 0 Å². The Balaban J connectivity index is 1.88. The predicted molar refractivity (Wildman–Crippen MR) is 112 cm³/mol. The Kier molecular flexibility index (Phi) is 5.83. The van der Waals surface area contributed by atoms with Crippen LogP contribution < -0.4 is 24.8 Å². The molecule has 2 aromatic heterocycles. The number of methoxy groups -OCH3 is 1. The molecule has 1 amide bonds. The molecule has 3 heterocycles. The second-order valence-electron chi connectivity index (χ2n) is 6.81. The number of anilines is 2. The van der Waals surface area contributed by atoms with Crippen LogP contribution in [0.5, 0.6) is 17.4 Å². The van der Waals surface area contributed by atoms with E-state index in [4.69, 9.17) is 14.2 Å². The molecule has 31 heavy (non-hydrogen) atoms. The Labute approximate surface area is 178 Å². The normalized spacial score (nSPS) is 13.4. The molecule has 4 rings (SSSR count). The maximum Gasteiger partial charge on any atom is 0.273 e. The summed E-state index contributed by atoms with van der Waals surface area (Å²) in [5.41, 5.74) is 1.71. The minimum absolute atomic E-state index is 0.112. The molecule has 0 saturated heterocycles. The predicted octanol–water partition coefficient (Wildman–Crippen LogP) is 1.94. The number of aryl methyl sites for hydroxylation is 1. The van der Waals surface area contributed by atoms with Gasteiger partial charge in [0.15, 0.2) is 17.3 Å². The number of benzene rings is 1. The molecule has 0 unspecified atom stereocenters. The lowest BCUT2D eigenvalue weighted by molar-refractivity contribution is 0.0957. The smallest absolute Gasteiger partial charge is 0.273 e. The minimum atomic E-state index is -0.391. The van der Waals surface area contributed by atoms with Gasteiger partial charge in [0, 0.05) is 20.2 Å². The summed E-state index contributed by atoms with van der Waals surface area (Å²) < 4.78 is 19.0. The number of carbonyl (C=O) groups excluding carboxylic acids is 1. The van der Waals surface area contributed by atoms with Crippen molar-refractivity contribution >= 4 is 17.3 Å². The highest BCUT2D eigenvalue weighted by molar-refractivity contribution is 5.99. The third-order valence-corrected chi connectivity index (χ3v) is 4.68. The average Bonchev–Trinajstić information content (AvgIpc) is 3.21. The first-order valence-corrected chi connectivity index (χ1v) is 9.80. The SMILES string of the molecule is CNC(=O)c1nnc2cc1Nc1c(ccc(-c3ncn(C)n3)c1OC)OCCCCO2. The van der Waals surface area contributed by atoms with Gasteiger partial charge in [-0.25, -0.2) is 4.98 Å². The van der Waals surface area contributed by atoms with Crippen LogP contribution in [0.25, 0.3) is 11.4 Å². The summed E-state index contributed by atoms with van der Waals surface area (Å²) in [7, 11) is 4.87. The van der Waals surface area contributed by atoms with E-state index in [1.165, 1.54) is 7.05 Å². The van der Waals surface area contributed by atoms with Crippen LogP contribution in [0.3, 0.4) is 0 Å². The van der Waals surface area contributed by atoms with Crippen LogP contribution in [-0.4, -0.2) is 58.2 Å². The molecule has 0 radical (unpaired) electrons. The number of nitrogens with one attached hydrogen (secondary N) is 2. The molecule has 3 aromatic rings. The molecule has 0 saturated carbocycles. The molecule has 2 bridgehead atoms. The van der Waals surface area contributed by atoms with Crippen molar-refractivity contribution in [2.24, 2.45) is 7.05 Å². The van der Waals surface area contributed by atoms with Gasteiger partial charge in [-0.3, -0.25) is 9.48 Å². The van der Waals surface area contributed by atoms with Gasteiger partial charge in [-0.2, -0.15) is 5.10 Å². The van der Waals surface area contributed by atoms with Crippen LogP contribution in [0, 0.1) is 0 Å². The van der Waals surface area contributed by atoms with Crippen molar-refractivity contribution < 1.29 is 19.0 Å². The van der Waals surface area contributed by atoms with E-state index in [-0.39, 0.29) is 5.69 Å². The third kappa shape index (κ3) is 4.20. The number of amides is 1. The Morgan fingerprint density at radius 1 is 1.23 bits per heavy atom. The number of fused-ring (bicyclic) bond motifs is 3. The molecule has 1 aliphatic rings. The molecule has 11 nitrogen and oxygen atoms in total. The van der Waals surface area contributed by atoms with Crippen molar-refractivity contribution in [3.05, 3.63) is 30.2 Å². The lowest BCUT2D eigenvalue weighted by atomic mass is 10.1. The van der Waals surface area contributed by atoms with Crippen molar-refractivity contribution in [2.45, 2.75) is 12.8 Å². The van der Waals surface area contributed by atoms with Crippen LogP contribution in [0.1, 0.15) is 23.3 Å². The van der Waals surface area contributed by atoms with E-state index in [0.717, 1.165) is 12.8 Å². The van der Waals surface area contributed by atoms with Gasteiger partial charge in [0.05, 0.1) is 31.6 Å². The first-order chi connectivity index (χ1) is 15.1. The molecule has 0 spiro atoms. The van der Waals surface area contributed by atoms with E-state index in [9.17, 15) is 4.79 Å². The lowest BCUT2D eigenvalue weighted by Crippen LogP contribution is -2.21. The number of nitrogens with zero attached hydrogens (tertiary/aromatic N) is 5. The third-order valence-electron chi connectivity index (χ3n) is 4.68. The van der Waals surface area contributed by atoms with Crippen molar-refractivity contribution in [3.8, 4) is 28.8 Å². The van der Waals surface area contributed by atoms with E-state index >= 15 is 0 Å². The Morgan fingerprint density at radius 2 is 2.03 bits per heavy atom. The quantitative estimate of drug-likeness (QED) is 0.647. The van der Waals surface area contributed by atoms with Crippen LogP contribution in [-0.2, 0) is 7.05 Å². The van der Waals surface area contributed by atoms with E-state index < -0.39 is 5.91 Å². The molecular weight excluding hydrogens is 402 g/mol. The first-order valence-electron chi connectivity index (χ1n) is 9.80. The Bertz CT molecular complexity index is 1100. The number of rotatable bonds is 3. The number of hydrogen-bond acceptors (Lipinski definition) is 9. The van der Waals surface area contributed by atoms with Gasteiger partial charge in [0.25, 0.3) is 5.91 Å². The highest BCUT2D eigenvalue weighted by Crippen LogP contribution is 2.43. The zero-order valence-electron chi connectivity index (χ0n) is 17.5. The van der Waals surface area contributed by atoms with E-state index in [2.05, 4.69) is 30.9 Å². The van der Waals surface area contributed by atoms with Crippen molar-refractivity contribution in [2.75, 3.05) is 32.7 Å². The summed E-state index contributed by atoms with van der Waals surface area (Å²) in [6.45, 7) is 0.960. The molecule has 1 aliphatic heterocycles. The van der Waals surface area contributed by atoms with E-state index in [1.807, 2.05) is 12.1 Å². The Hall–Kier alpha value is -3.89. The number of hydrogen-bond donors (Lipinski definition) is 2. The van der Waals surface area contributed by atoms with Gasteiger partial charge in [-0.1, -0.05) is 0 Å². The zero-order valence-corrected chi connectivity index (χ0v) is 17.5. The monoisotopic (exact) mass is 425 g/mol. The summed E-state index contributed by atoms with van der Waals surface area (Å²) in [4.78, 5) is 16.7. The molecule has 1 aromatic carbocycles. The Morgan fingerprint density at radius 3 is 2.74 bits per heavy atom. The van der Waals surface area contributed by atoms with Gasteiger partial charge in [-0.15, -0.1) is 10.2 Å². The van der Waals surface area contributed by atoms with Crippen LogP contribution in [0.2, 0.25) is 0 Å². The second-order valence-corrected chi connectivity index (χ2v) is 6.81. The van der Waals surface area contributed by atoms with Gasteiger partial charge in [-0.05, 0) is 25.0 Å². The van der Waals surface area contributed by atoms with Crippen molar-refractivity contribution in [3.63, 3.8) is 0 Å². The fourth-order valence-corrected chi connectivity index (χ4v) is 3.18. The maximum absolute atomic E-state index is 12.4. The maximum atomic E-state index is 12.4. The van der Waals surface area contributed by atoms with Crippen LogP contribution >= 0.6 is 0 Å². The number of aromatic nitrogens is 5. The number of ether oxygens (including phenoxy) is 3.